The molecule has 0 aliphatic heterocycles. The van der Waals surface area contributed by atoms with Gasteiger partial charge in [-0.25, -0.2) is 0 Å². The molecule has 0 spiro atoms. The van der Waals surface area contributed by atoms with E-state index < -0.39 is 17.8 Å². The molecule has 6 heteroatoms. The van der Waals surface area contributed by atoms with Gasteiger partial charge in [-0.05, 0) is 20.8 Å². The van der Waals surface area contributed by atoms with Crippen molar-refractivity contribution in [3.8, 4) is 0 Å². The summed E-state index contributed by atoms with van der Waals surface area (Å²) in [5, 5.41) is 0. The average Bonchev–Trinajstić information content (AvgIpc) is 2.18. The standard InChI is InChI=1S/C9H16ClNO4/c1-4-11(5-2)8(13)9(14-6-12)15-7(3)10/h6-7,9H,4-5H2,1-3H3. The van der Waals surface area contributed by atoms with E-state index in [4.69, 9.17) is 16.3 Å². The van der Waals surface area contributed by atoms with Gasteiger partial charge in [0.25, 0.3) is 18.7 Å². The average molecular weight is 238 g/mol. The van der Waals surface area contributed by atoms with Crippen molar-refractivity contribution in [3.05, 3.63) is 0 Å². The first kappa shape index (κ1) is 14.2. The van der Waals surface area contributed by atoms with Gasteiger partial charge < -0.3 is 14.4 Å². The highest BCUT2D eigenvalue weighted by Gasteiger charge is 2.26. The van der Waals surface area contributed by atoms with Gasteiger partial charge >= 0.3 is 0 Å². The SMILES string of the molecule is CCN(CC)C(=O)C(OC=O)OC(C)Cl. The maximum atomic E-state index is 11.7. The Bertz CT molecular complexity index is 206. The Kier molecular flexibility index (Phi) is 7.07. The molecule has 0 aromatic carbocycles. The molecule has 0 saturated heterocycles. The van der Waals surface area contributed by atoms with Gasteiger partial charge in [0.05, 0.1) is 0 Å². The maximum Gasteiger partial charge on any atom is 0.295 e. The predicted molar refractivity (Wildman–Crippen MR) is 55.3 cm³/mol. The summed E-state index contributed by atoms with van der Waals surface area (Å²) in [6, 6.07) is 0. The molecule has 0 saturated carbocycles. The van der Waals surface area contributed by atoms with Crippen molar-refractivity contribution in [3.63, 3.8) is 0 Å². The van der Waals surface area contributed by atoms with E-state index in [1.54, 1.807) is 0 Å². The van der Waals surface area contributed by atoms with E-state index in [1.807, 2.05) is 13.8 Å². The van der Waals surface area contributed by atoms with Gasteiger partial charge in [0.15, 0.2) is 0 Å². The Morgan fingerprint density at radius 3 is 2.33 bits per heavy atom. The summed E-state index contributed by atoms with van der Waals surface area (Å²) in [5.74, 6) is -0.403. The molecule has 0 aliphatic rings. The van der Waals surface area contributed by atoms with Gasteiger partial charge in [-0.2, -0.15) is 0 Å². The number of halogens is 1. The molecular weight excluding hydrogens is 222 g/mol. The van der Waals surface area contributed by atoms with Crippen LogP contribution in [0.25, 0.3) is 0 Å². The summed E-state index contributed by atoms with van der Waals surface area (Å²) < 4.78 is 9.48. The highest BCUT2D eigenvalue weighted by Crippen LogP contribution is 2.07. The number of carbonyl (C=O) groups is 2. The molecule has 0 N–H and O–H groups in total. The second-order valence-electron chi connectivity index (χ2n) is 2.75. The molecule has 0 heterocycles. The van der Waals surface area contributed by atoms with Gasteiger partial charge in [-0.15, -0.1) is 0 Å². The van der Waals surface area contributed by atoms with Crippen LogP contribution in [0.1, 0.15) is 20.8 Å². The molecule has 0 bridgehead atoms. The van der Waals surface area contributed by atoms with Crippen LogP contribution >= 0.6 is 11.6 Å². The summed E-state index contributed by atoms with van der Waals surface area (Å²) in [5.41, 5.74) is -0.700. The van der Waals surface area contributed by atoms with Crippen molar-refractivity contribution in [2.24, 2.45) is 0 Å². The van der Waals surface area contributed by atoms with E-state index in [0.29, 0.717) is 13.1 Å². The second-order valence-corrected chi connectivity index (χ2v) is 3.37. The lowest BCUT2D eigenvalue weighted by atomic mass is 10.4. The van der Waals surface area contributed by atoms with Crippen molar-refractivity contribution >= 4 is 24.0 Å². The van der Waals surface area contributed by atoms with Crippen LogP contribution in [0.5, 0.6) is 0 Å². The van der Waals surface area contributed by atoms with Crippen LogP contribution in [0.15, 0.2) is 0 Å². The molecule has 2 unspecified atom stereocenters. The fraction of sp³-hybridized carbons (Fsp3) is 0.778. The first-order chi connectivity index (χ1) is 7.06. The lowest BCUT2D eigenvalue weighted by molar-refractivity contribution is -0.185. The zero-order valence-corrected chi connectivity index (χ0v) is 9.86. The minimum Gasteiger partial charge on any atom is -0.428 e. The molecule has 0 rings (SSSR count). The number of likely N-dealkylation sites (N-methyl/N-ethyl adjacent to an activating group) is 1. The smallest absolute Gasteiger partial charge is 0.295 e. The summed E-state index contributed by atoms with van der Waals surface area (Å²) in [7, 11) is 0. The molecule has 0 radical (unpaired) electrons. The summed E-state index contributed by atoms with van der Waals surface area (Å²) in [6.45, 7) is 6.40. The Morgan fingerprint density at radius 1 is 1.47 bits per heavy atom. The number of rotatable bonds is 7. The Labute approximate surface area is 94.3 Å². The Hall–Kier alpha value is -0.810. The van der Waals surface area contributed by atoms with Crippen LogP contribution in [0.2, 0.25) is 0 Å². The molecule has 1 amide bonds. The number of carbonyl (C=O) groups excluding carboxylic acids is 2. The topological polar surface area (TPSA) is 55.8 Å². The van der Waals surface area contributed by atoms with Crippen molar-refractivity contribution in [2.45, 2.75) is 32.6 Å². The number of ether oxygens (including phenoxy) is 2. The fourth-order valence-electron chi connectivity index (χ4n) is 1.05. The van der Waals surface area contributed by atoms with Crippen molar-refractivity contribution in [1.82, 2.24) is 4.90 Å². The number of hydrogen-bond acceptors (Lipinski definition) is 4. The highest BCUT2D eigenvalue weighted by atomic mass is 35.5. The third kappa shape index (κ3) is 4.99. The van der Waals surface area contributed by atoms with Crippen molar-refractivity contribution in [2.75, 3.05) is 13.1 Å². The molecule has 2 atom stereocenters. The summed E-state index contributed by atoms with van der Waals surface area (Å²) in [6.07, 6.45) is -1.25. The van der Waals surface area contributed by atoms with Crippen LogP contribution in [0, 0.1) is 0 Å². The van der Waals surface area contributed by atoms with Gasteiger partial charge in [-0.1, -0.05) is 11.6 Å². The van der Waals surface area contributed by atoms with Gasteiger partial charge in [0.1, 0.15) is 5.56 Å². The number of alkyl halides is 1. The van der Waals surface area contributed by atoms with E-state index >= 15 is 0 Å². The lowest BCUT2D eigenvalue weighted by Crippen LogP contribution is -2.42. The van der Waals surface area contributed by atoms with E-state index in [9.17, 15) is 9.59 Å². The van der Waals surface area contributed by atoms with Gasteiger partial charge in [0, 0.05) is 13.1 Å². The monoisotopic (exact) mass is 237 g/mol. The third-order valence-electron chi connectivity index (χ3n) is 1.77. The van der Waals surface area contributed by atoms with Gasteiger partial charge in [-0.3, -0.25) is 9.59 Å². The minimum absolute atomic E-state index is 0.172. The largest absolute Gasteiger partial charge is 0.428 e. The lowest BCUT2D eigenvalue weighted by Gasteiger charge is -2.24. The molecule has 0 aliphatic carbocycles. The number of nitrogens with zero attached hydrogens (tertiary/aromatic N) is 1. The van der Waals surface area contributed by atoms with Crippen LogP contribution in [-0.2, 0) is 19.1 Å². The van der Waals surface area contributed by atoms with Gasteiger partial charge in [0.2, 0.25) is 0 Å². The maximum absolute atomic E-state index is 11.7. The molecule has 0 fully saturated rings. The summed E-state index contributed by atoms with van der Waals surface area (Å²) in [4.78, 5) is 23.4. The predicted octanol–water partition coefficient (Wildman–Crippen LogP) is 0.955. The Balaban J connectivity index is 4.44. The van der Waals surface area contributed by atoms with E-state index in [2.05, 4.69) is 4.74 Å². The van der Waals surface area contributed by atoms with E-state index in [-0.39, 0.29) is 6.47 Å². The van der Waals surface area contributed by atoms with E-state index in [0.717, 1.165) is 0 Å². The molecule has 15 heavy (non-hydrogen) atoms. The molecule has 5 nitrogen and oxygen atoms in total. The quantitative estimate of drug-likeness (QED) is 0.376. The Morgan fingerprint density at radius 2 is 2.00 bits per heavy atom. The third-order valence-corrected chi connectivity index (χ3v) is 1.87. The van der Waals surface area contributed by atoms with Crippen LogP contribution in [-0.4, -0.2) is 42.2 Å². The van der Waals surface area contributed by atoms with Crippen LogP contribution < -0.4 is 0 Å². The van der Waals surface area contributed by atoms with Crippen LogP contribution in [0.3, 0.4) is 0 Å². The molecular formula is C9H16ClNO4. The highest BCUT2D eigenvalue weighted by molar-refractivity contribution is 6.19. The normalized spacial score (nSPS) is 14.1. The summed E-state index contributed by atoms with van der Waals surface area (Å²) >= 11 is 5.55. The molecule has 0 aromatic heterocycles. The zero-order chi connectivity index (χ0) is 11.8. The first-order valence-corrected chi connectivity index (χ1v) is 5.17. The molecule has 0 aromatic rings. The number of amides is 1. The fourth-order valence-corrected chi connectivity index (χ4v) is 1.15. The van der Waals surface area contributed by atoms with Crippen molar-refractivity contribution in [1.29, 1.82) is 0 Å². The molecule has 88 valence electrons. The zero-order valence-electron chi connectivity index (χ0n) is 9.10. The van der Waals surface area contributed by atoms with Crippen molar-refractivity contribution < 1.29 is 19.1 Å². The second kappa shape index (κ2) is 7.48. The van der Waals surface area contributed by atoms with Crippen LogP contribution in [0.4, 0.5) is 0 Å². The number of hydrogen-bond donors (Lipinski definition) is 0. The van der Waals surface area contributed by atoms with E-state index in [1.165, 1.54) is 11.8 Å². The minimum atomic E-state index is -1.25. The first-order valence-electron chi connectivity index (χ1n) is 4.74.